The number of carbonyl (C=O) groups excluding carboxylic acids is 1. The van der Waals surface area contributed by atoms with Crippen LogP contribution in [0.15, 0.2) is 21.2 Å². The Bertz CT molecular complexity index is 285. The molecule has 0 unspecified atom stereocenters. The monoisotopic (exact) mass is 246 g/mol. The van der Waals surface area contributed by atoms with Crippen LogP contribution in [0.3, 0.4) is 0 Å². The van der Waals surface area contributed by atoms with Crippen molar-refractivity contribution in [2.24, 2.45) is 0 Å². The van der Waals surface area contributed by atoms with Gasteiger partial charge in [-0.25, -0.2) is 0 Å². The Kier molecular flexibility index (Phi) is 3.98. The highest BCUT2D eigenvalue weighted by atomic mass is 79.9. The minimum Gasteiger partial charge on any atom is -0.453 e. The van der Waals surface area contributed by atoms with Crippen molar-refractivity contribution in [2.45, 2.75) is 6.54 Å². The van der Waals surface area contributed by atoms with E-state index in [2.05, 4.69) is 26.6 Å². The van der Waals surface area contributed by atoms with Crippen molar-refractivity contribution in [1.29, 1.82) is 0 Å². The summed E-state index contributed by atoms with van der Waals surface area (Å²) in [6.45, 7) is 0.855. The maximum Gasteiger partial charge on any atom is 0.233 e. The third-order valence-corrected chi connectivity index (χ3v) is 1.92. The molecule has 13 heavy (non-hydrogen) atoms. The molecule has 5 heteroatoms. The van der Waals surface area contributed by atoms with Crippen LogP contribution in [0.1, 0.15) is 5.76 Å². The van der Waals surface area contributed by atoms with Crippen LogP contribution >= 0.6 is 15.9 Å². The first-order chi connectivity index (χ1) is 6.22. The molecule has 0 aliphatic rings. The van der Waals surface area contributed by atoms with Crippen molar-refractivity contribution in [3.8, 4) is 0 Å². The second-order valence-corrected chi connectivity index (χ2v) is 3.26. The zero-order chi connectivity index (χ0) is 9.68. The average molecular weight is 247 g/mol. The molecule has 2 N–H and O–H groups in total. The van der Waals surface area contributed by atoms with Gasteiger partial charge in [0.05, 0.1) is 13.1 Å². The maximum absolute atomic E-state index is 10.8. The summed E-state index contributed by atoms with van der Waals surface area (Å²) in [7, 11) is 1.60. The molecule has 0 aliphatic carbocycles. The van der Waals surface area contributed by atoms with E-state index in [1.54, 1.807) is 7.05 Å². The fourth-order valence-corrected chi connectivity index (χ4v) is 1.17. The van der Waals surface area contributed by atoms with Crippen LogP contribution in [0.25, 0.3) is 0 Å². The van der Waals surface area contributed by atoms with Crippen LogP contribution in [0.2, 0.25) is 0 Å². The van der Waals surface area contributed by atoms with E-state index in [4.69, 9.17) is 4.42 Å². The van der Waals surface area contributed by atoms with Gasteiger partial charge in [0, 0.05) is 7.05 Å². The van der Waals surface area contributed by atoms with Crippen LogP contribution in [0, 0.1) is 0 Å². The third kappa shape index (κ3) is 3.61. The smallest absolute Gasteiger partial charge is 0.233 e. The summed E-state index contributed by atoms with van der Waals surface area (Å²) < 4.78 is 5.92. The first-order valence-corrected chi connectivity index (χ1v) is 4.67. The Balaban J connectivity index is 2.24. The highest BCUT2D eigenvalue weighted by molar-refractivity contribution is 9.10. The molecule has 1 aromatic heterocycles. The molecule has 0 aliphatic heterocycles. The van der Waals surface area contributed by atoms with Crippen LogP contribution in [-0.4, -0.2) is 19.5 Å². The molecule has 1 rings (SSSR count). The lowest BCUT2D eigenvalue weighted by atomic mass is 10.4. The second kappa shape index (κ2) is 5.04. The highest BCUT2D eigenvalue weighted by Crippen LogP contribution is 2.13. The van der Waals surface area contributed by atoms with E-state index in [9.17, 15) is 4.79 Å². The van der Waals surface area contributed by atoms with E-state index in [1.807, 2.05) is 12.1 Å². The van der Waals surface area contributed by atoms with E-state index in [0.29, 0.717) is 17.8 Å². The number of hydrogen-bond acceptors (Lipinski definition) is 3. The minimum absolute atomic E-state index is 0.0365. The summed E-state index contributed by atoms with van der Waals surface area (Å²) in [6, 6.07) is 3.66. The van der Waals surface area contributed by atoms with E-state index in [0.717, 1.165) is 5.76 Å². The van der Waals surface area contributed by atoms with E-state index >= 15 is 0 Å². The normalized spacial score (nSPS) is 10.0. The lowest BCUT2D eigenvalue weighted by molar-refractivity contribution is -0.119. The van der Waals surface area contributed by atoms with Gasteiger partial charge in [0.25, 0.3) is 0 Å². The molecule has 0 saturated heterocycles. The first kappa shape index (κ1) is 10.3. The summed E-state index contributed by atoms with van der Waals surface area (Å²) in [5, 5.41) is 5.45. The van der Waals surface area contributed by atoms with Crippen molar-refractivity contribution in [3.05, 3.63) is 22.6 Å². The Morgan fingerprint density at radius 2 is 2.38 bits per heavy atom. The predicted octanol–water partition coefficient (Wildman–Crippen LogP) is 0.878. The summed E-state index contributed by atoms with van der Waals surface area (Å²) in [6.07, 6.45) is 0. The molecular formula is C8H11BrN2O2. The van der Waals surface area contributed by atoms with Gasteiger partial charge in [0.15, 0.2) is 4.67 Å². The fraction of sp³-hybridized carbons (Fsp3) is 0.375. The Morgan fingerprint density at radius 3 is 2.92 bits per heavy atom. The average Bonchev–Trinajstić information content (AvgIpc) is 2.51. The van der Waals surface area contributed by atoms with Gasteiger partial charge in [-0.2, -0.15) is 0 Å². The summed E-state index contributed by atoms with van der Waals surface area (Å²) >= 11 is 3.19. The Labute approximate surface area is 84.8 Å². The van der Waals surface area contributed by atoms with Gasteiger partial charge in [-0.05, 0) is 28.1 Å². The SMILES string of the molecule is CNC(=O)CNCc1ccc(Br)o1. The molecule has 0 bridgehead atoms. The second-order valence-electron chi connectivity index (χ2n) is 2.48. The molecule has 1 amide bonds. The molecule has 1 heterocycles. The van der Waals surface area contributed by atoms with Crippen LogP contribution < -0.4 is 10.6 Å². The number of hydrogen-bond donors (Lipinski definition) is 2. The number of carbonyl (C=O) groups is 1. The summed E-state index contributed by atoms with van der Waals surface area (Å²) in [5.41, 5.74) is 0. The zero-order valence-corrected chi connectivity index (χ0v) is 8.85. The van der Waals surface area contributed by atoms with E-state index in [-0.39, 0.29) is 5.91 Å². The van der Waals surface area contributed by atoms with Crippen molar-refractivity contribution in [1.82, 2.24) is 10.6 Å². The van der Waals surface area contributed by atoms with E-state index in [1.165, 1.54) is 0 Å². The quantitative estimate of drug-likeness (QED) is 0.830. The van der Waals surface area contributed by atoms with Crippen LogP contribution in [-0.2, 0) is 11.3 Å². The standard InChI is InChI=1S/C8H11BrN2O2/c1-10-8(12)5-11-4-6-2-3-7(9)13-6/h2-3,11H,4-5H2,1H3,(H,10,12). The first-order valence-electron chi connectivity index (χ1n) is 3.88. The molecule has 0 atom stereocenters. The van der Waals surface area contributed by atoms with Crippen molar-refractivity contribution in [2.75, 3.05) is 13.6 Å². The highest BCUT2D eigenvalue weighted by Gasteiger charge is 2.00. The number of rotatable bonds is 4. The molecule has 0 aromatic carbocycles. The van der Waals surface area contributed by atoms with Crippen LogP contribution in [0.5, 0.6) is 0 Å². The van der Waals surface area contributed by atoms with Gasteiger partial charge >= 0.3 is 0 Å². The minimum atomic E-state index is -0.0365. The largest absolute Gasteiger partial charge is 0.453 e. The van der Waals surface area contributed by atoms with Crippen molar-refractivity contribution in [3.63, 3.8) is 0 Å². The van der Waals surface area contributed by atoms with Gasteiger partial charge in [-0.15, -0.1) is 0 Å². The number of likely N-dealkylation sites (N-methyl/N-ethyl adjacent to an activating group) is 1. The van der Waals surface area contributed by atoms with E-state index < -0.39 is 0 Å². The number of amides is 1. The van der Waals surface area contributed by atoms with Gasteiger partial charge < -0.3 is 15.1 Å². The Morgan fingerprint density at radius 1 is 1.62 bits per heavy atom. The number of halogens is 1. The summed E-state index contributed by atoms with van der Waals surface area (Å²) in [4.78, 5) is 10.8. The van der Waals surface area contributed by atoms with Crippen LogP contribution in [0.4, 0.5) is 0 Å². The van der Waals surface area contributed by atoms with Gasteiger partial charge in [-0.1, -0.05) is 0 Å². The van der Waals surface area contributed by atoms with Crippen molar-refractivity contribution >= 4 is 21.8 Å². The molecular weight excluding hydrogens is 236 g/mol. The molecule has 72 valence electrons. The fourth-order valence-electron chi connectivity index (χ4n) is 0.834. The topological polar surface area (TPSA) is 54.3 Å². The lowest BCUT2D eigenvalue weighted by Gasteiger charge is -2.00. The third-order valence-electron chi connectivity index (χ3n) is 1.49. The van der Waals surface area contributed by atoms with Gasteiger partial charge in [0.2, 0.25) is 5.91 Å². The summed E-state index contributed by atoms with van der Waals surface area (Å²) in [5.74, 6) is 0.765. The molecule has 0 radical (unpaired) electrons. The molecule has 4 nitrogen and oxygen atoms in total. The van der Waals surface area contributed by atoms with Crippen molar-refractivity contribution < 1.29 is 9.21 Å². The van der Waals surface area contributed by atoms with Gasteiger partial charge in [-0.3, -0.25) is 4.79 Å². The molecule has 0 saturated carbocycles. The van der Waals surface area contributed by atoms with Gasteiger partial charge in [0.1, 0.15) is 5.76 Å². The molecule has 0 spiro atoms. The Hall–Kier alpha value is -0.810. The number of nitrogens with one attached hydrogen (secondary N) is 2. The predicted molar refractivity (Wildman–Crippen MR) is 52.2 cm³/mol. The molecule has 1 aromatic rings. The zero-order valence-electron chi connectivity index (χ0n) is 7.26. The maximum atomic E-state index is 10.8. The lowest BCUT2D eigenvalue weighted by Crippen LogP contribution is -2.30. The number of furan rings is 1. The molecule has 0 fully saturated rings.